The van der Waals surface area contributed by atoms with Gasteiger partial charge in [0, 0.05) is 70.7 Å². The molecule has 2 aliphatic rings. The summed E-state index contributed by atoms with van der Waals surface area (Å²) in [4.78, 5) is 19.4. The summed E-state index contributed by atoms with van der Waals surface area (Å²) in [5.74, 6) is -1.06. The second-order valence-corrected chi connectivity index (χ2v) is 10.6. The first-order chi connectivity index (χ1) is 19.2. The molecule has 10 nitrogen and oxygen atoms in total. The maximum absolute atomic E-state index is 13.5. The summed E-state index contributed by atoms with van der Waals surface area (Å²) in [5, 5.41) is 15.2. The normalized spacial score (nSPS) is 17.2. The van der Waals surface area contributed by atoms with E-state index in [0.29, 0.717) is 54.8 Å². The molecule has 2 fully saturated rings. The number of fused-ring (bicyclic) bond motifs is 1. The van der Waals surface area contributed by atoms with E-state index in [1.165, 1.54) is 0 Å². The standard InChI is InChI=1S/C28H32F2N8O2.H2/c1-18-13-19(3-6-22(18)27(39)34-20-4-5-20)23-16-33-38-24(31-9-12-37-10-7-28(29,30)8-11-37)14-25(35-26(23)38)40-21-15-32-36(2)17-21;/h3,6,13-17,20,31H,4-5,7-12H2,1-2H3,(H,34,39);1H. The molecule has 0 atom stereocenters. The number of benzene rings is 1. The number of amides is 1. The SMILES string of the molecule is Cc1cc(-c2cnn3c(NCCN4CCC(F)(F)CC4)cc(Oc4cnn(C)c4)nc23)ccc1C(=O)NC1CC1.[HH]. The van der Waals surface area contributed by atoms with Crippen LogP contribution >= 0.6 is 0 Å². The molecule has 12 heteroatoms. The van der Waals surface area contributed by atoms with E-state index in [-0.39, 0.29) is 26.2 Å². The van der Waals surface area contributed by atoms with E-state index >= 15 is 0 Å². The highest BCUT2D eigenvalue weighted by Crippen LogP contribution is 2.31. The fraction of sp³-hybridized carbons (Fsp3) is 0.429. The first-order valence-electron chi connectivity index (χ1n) is 13.6. The summed E-state index contributed by atoms with van der Waals surface area (Å²) in [6.07, 6.45) is 6.94. The number of ether oxygens (including phenoxy) is 1. The summed E-state index contributed by atoms with van der Waals surface area (Å²) < 4.78 is 36.5. The van der Waals surface area contributed by atoms with Gasteiger partial charge in [-0.1, -0.05) is 12.1 Å². The first kappa shape index (κ1) is 26.2. The van der Waals surface area contributed by atoms with Crippen molar-refractivity contribution in [3.8, 4) is 22.8 Å². The lowest BCUT2D eigenvalue weighted by molar-refractivity contribution is -0.0543. The van der Waals surface area contributed by atoms with Crippen LogP contribution in [0, 0.1) is 6.92 Å². The van der Waals surface area contributed by atoms with Crippen molar-refractivity contribution in [1.82, 2.24) is 34.6 Å². The number of anilines is 1. The highest BCUT2D eigenvalue weighted by Gasteiger charge is 2.33. The van der Waals surface area contributed by atoms with Crippen molar-refractivity contribution in [3.63, 3.8) is 0 Å². The Balaban J connectivity index is 0.00000337. The van der Waals surface area contributed by atoms with Crippen LogP contribution in [0.4, 0.5) is 14.6 Å². The van der Waals surface area contributed by atoms with Crippen LogP contribution in [-0.4, -0.2) is 73.3 Å². The zero-order valence-corrected chi connectivity index (χ0v) is 22.5. The van der Waals surface area contributed by atoms with Gasteiger partial charge in [-0.15, -0.1) is 0 Å². The second-order valence-electron chi connectivity index (χ2n) is 10.6. The maximum Gasteiger partial charge on any atom is 0.251 e. The Morgan fingerprint density at radius 2 is 1.98 bits per heavy atom. The Labute approximate surface area is 231 Å². The van der Waals surface area contributed by atoms with Gasteiger partial charge in [0.15, 0.2) is 11.4 Å². The third kappa shape index (κ3) is 5.76. The number of likely N-dealkylation sites (tertiary alicyclic amines) is 1. The van der Waals surface area contributed by atoms with Crippen LogP contribution in [0.5, 0.6) is 11.6 Å². The molecule has 1 saturated carbocycles. The van der Waals surface area contributed by atoms with Crippen LogP contribution in [0.15, 0.2) is 42.9 Å². The van der Waals surface area contributed by atoms with Gasteiger partial charge in [0.25, 0.3) is 11.8 Å². The lowest BCUT2D eigenvalue weighted by Crippen LogP contribution is -2.41. The lowest BCUT2D eigenvalue weighted by atomic mass is 10.0. The van der Waals surface area contributed by atoms with Gasteiger partial charge in [0.1, 0.15) is 5.82 Å². The number of carbonyl (C=O) groups excluding carboxylic acids is 1. The third-order valence-electron chi connectivity index (χ3n) is 7.37. The number of alkyl halides is 2. The Kier molecular flexibility index (Phi) is 6.87. The molecule has 4 heterocycles. The number of halogens is 2. The maximum atomic E-state index is 13.5. The van der Waals surface area contributed by atoms with Crippen LogP contribution in [0.25, 0.3) is 16.8 Å². The number of hydrogen-bond donors (Lipinski definition) is 2. The van der Waals surface area contributed by atoms with Gasteiger partial charge in [0.05, 0.1) is 18.6 Å². The zero-order chi connectivity index (χ0) is 27.9. The minimum Gasteiger partial charge on any atom is -0.436 e. The summed E-state index contributed by atoms with van der Waals surface area (Å²) >= 11 is 0. The Morgan fingerprint density at radius 1 is 1.18 bits per heavy atom. The largest absolute Gasteiger partial charge is 0.436 e. The van der Waals surface area contributed by atoms with E-state index in [1.54, 1.807) is 40.9 Å². The molecular formula is C28H34F2N8O2. The molecule has 1 aliphatic carbocycles. The van der Waals surface area contributed by atoms with E-state index in [1.807, 2.05) is 30.0 Å². The first-order valence-corrected chi connectivity index (χ1v) is 13.6. The van der Waals surface area contributed by atoms with Crippen molar-refractivity contribution in [1.29, 1.82) is 0 Å². The molecule has 0 spiro atoms. The molecule has 1 aromatic carbocycles. The lowest BCUT2D eigenvalue weighted by Gasteiger charge is -2.31. The number of nitrogens with zero attached hydrogens (tertiary/aromatic N) is 6. The van der Waals surface area contributed by atoms with Gasteiger partial charge in [-0.05, 0) is 37.0 Å². The molecule has 1 saturated heterocycles. The number of aryl methyl sites for hydroxylation is 2. The molecule has 0 unspecified atom stereocenters. The van der Waals surface area contributed by atoms with Crippen molar-refractivity contribution in [3.05, 3.63) is 54.0 Å². The molecule has 40 heavy (non-hydrogen) atoms. The minimum absolute atomic E-state index is 0. The molecule has 2 N–H and O–H groups in total. The van der Waals surface area contributed by atoms with E-state index in [4.69, 9.17) is 9.72 Å². The van der Waals surface area contributed by atoms with Gasteiger partial charge in [0.2, 0.25) is 5.88 Å². The predicted octanol–water partition coefficient (Wildman–Crippen LogP) is 4.51. The number of piperidine rings is 1. The Hall–Kier alpha value is -4.06. The molecule has 0 radical (unpaired) electrons. The van der Waals surface area contributed by atoms with Gasteiger partial charge < -0.3 is 20.3 Å². The van der Waals surface area contributed by atoms with Crippen molar-refractivity contribution in [2.45, 2.75) is 44.6 Å². The molecule has 0 bridgehead atoms. The quantitative estimate of drug-likeness (QED) is 0.315. The van der Waals surface area contributed by atoms with E-state index in [0.717, 1.165) is 29.5 Å². The number of carbonyl (C=O) groups is 1. The molecule has 1 aliphatic heterocycles. The van der Waals surface area contributed by atoms with Crippen LogP contribution in [-0.2, 0) is 7.05 Å². The van der Waals surface area contributed by atoms with Gasteiger partial charge in [-0.25, -0.2) is 8.78 Å². The number of hydrogen-bond acceptors (Lipinski definition) is 7. The minimum atomic E-state index is -2.57. The average molecular weight is 553 g/mol. The van der Waals surface area contributed by atoms with Crippen LogP contribution in [0.3, 0.4) is 0 Å². The second kappa shape index (κ2) is 10.5. The fourth-order valence-corrected chi connectivity index (χ4v) is 4.92. The van der Waals surface area contributed by atoms with Crippen LogP contribution in [0.1, 0.15) is 43.0 Å². The third-order valence-corrected chi connectivity index (χ3v) is 7.37. The molecule has 212 valence electrons. The number of aromatic nitrogens is 5. The topological polar surface area (TPSA) is 102 Å². The summed E-state index contributed by atoms with van der Waals surface area (Å²) in [5.41, 5.74) is 3.76. The fourth-order valence-electron chi connectivity index (χ4n) is 4.92. The molecule has 3 aromatic heterocycles. The number of nitrogens with one attached hydrogen (secondary N) is 2. The summed E-state index contributed by atoms with van der Waals surface area (Å²) in [6.45, 7) is 3.82. The summed E-state index contributed by atoms with van der Waals surface area (Å²) in [7, 11) is 1.80. The average Bonchev–Trinajstić information content (AvgIpc) is 3.47. The van der Waals surface area contributed by atoms with E-state index in [2.05, 4.69) is 20.8 Å². The Morgan fingerprint density at radius 3 is 2.67 bits per heavy atom. The molecule has 4 aromatic rings. The van der Waals surface area contributed by atoms with Gasteiger partial charge >= 0.3 is 0 Å². The van der Waals surface area contributed by atoms with Crippen molar-refractivity contribution >= 4 is 17.4 Å². The predicted molar refractivity (Wildman–Crippen MR) is 148 cm³/mol. The van der Waals surface area contributed by atoms with Crippen molar-refractivity contribution in [2.75, 3.05) is 31.5 Å². The van der Waals surface area contributed by atoms with Gasteiger partial charge in [-0.3, -0.25) is 9.48 Å². The highest BCUT2D eigenvalue weighted by atomic mass is 19.3. The smallest absolute Gasteiger partial charge is 0.251 e. The van der Waals surface area contributed by atoms with Crippen molar-refractivity contribution in [2.24, 2.45) is 7.05 Å². The number of rotatable bonds is 9. The zero-order valence-electron chi connectivity index (χ0n) is 22.5. The van der Waals surface area contributed by atoms with E-state index < -0.39 is 5.92 Å². The van der Waals surface area contributed by atoms with Crippen LogP contribution in [0.2, 0.25) is 0 Å². The summed E-state index contributed by atoms with van der Waals surface area (Å²) in [6, 6.07) is 7.76. The molecule has 6 rings (SSSR count). The van der Waals surface area contributed by atoms with Crippen LogP contribution < -0.4 is 15.4 Å². The highest BCUT2D eigenvalue weighted by molar-refractivity contribution is 5.97. The monoisotopic (exact) mass is 552 g/mol. The molecular weight excluding hydrogens is 518 g/mol. The van der Waals surface area contributed by atoms with Crippen molar-refractivity contribution < 1.29 is 19.7 Å². The Bertz CT molecular complexity index is 1540. The van der Waals surface area contributed by atoms with E-state index in [9.17, 15) is 13.6 Å². The molecule has 1 amide bonds. The van der Waals surface area contributed by atoms with Gasteiger partial charge in [-0.2, -0.15) is 19.7 Å².